The van der Waals surface area contributed by atoms with Crippen molar-refractivity contribution >= 4 is 29.1 Å². The van der Waals surface area contributed by atoms with E-state index in [0.717, 1.165) is 37.7 Å². The highest BCUT2D eigenvalue weighted by Crippen LogP contribution is 2.78. The minimum absolute atomic E-state index is 0.0492. The molecule has 0 N–H and O–H groups in total. The van der Waals surface area contributed by atoms with Crippen molar-refractivity contribution in [3.63, 3.8) is 0 Å². The first-order valence-corrected chi connectivity index (χ1v) is 14.3. The van der Waals surface area contributed by atoms with E-state index in [2.05, 4.69) is 32.6 Å². The van der Waals surface area contributed by atoms with E-state index < -0.39 is 39.0 Å². The standard InChI is InChI=1S/C29H38ClNO5/c1-15-9-19-18(20(32)10-15)11-21(33)23-25(3)13-22(34)36-29(24(30)27(19,23)5)26(25,4)6-7-28-12-16(2)8-17(35-28)14-31(28)29/h10,16-19,23-24H,6-9,11-14H2,1-5H3/t16-,17+,18-,19+,23+,24-,25-,26-,27-,28-,29+/m0/s1. The van der Waals surface area contributed by atoms with Gasteiger partial charge in [-0.15, -0.1) is 11.6 Å². The van der Waals surface area contributed by atoms with Crippen LogP contribution in [0.3, 0.4) is 0 Å². The molecule has 1 spiro atoms. The van der Waals surface area contributed by atoms with Crippen molar-refractivity contribution in [2.45, 2.75) is 102 Å². The summed E-state index contributed by atoms with van der Waals surface area (Å²) in [5.74, 6) is -0.399. The number of ketones is 2. The number of allylic oxidation sites excluding steroid dienone is 2. The van der Waals surface area contributed by atoms with Gasteiger partial charge in [0.15, 0.2) is 11.5 Å². The molecule has 0 unspecified atom stereocenters. The van der Waals surface area contributed by atoms with E-state index in [9.17, 15) is 14.4 Å². The lowest BCUT2D eigenvalue weighted by molar-refractivity contribution is -0.376. The quantitative estimate of drug-likeness (QED) is 0.346. The maximum atomic E-state index is 14.1. The maximum absolute atomic E-state index is 14.1. The van der Waals surface area contributed by atoms with Gasteiger partial charge in [0.1, 0.15) is 11.5 Å². The van der Waals surface area contributed by atoms with Crippen LogP contribution in [0.5, 0.6) is 0 Å². The second-order valence-electron chi connectivity index (χ2n) is 14.1. The van der Waals surface area contributed by atoms with Crippen molar-refractivity contribution < 1.29 is 23.9 Å². The summed E-state index contributed by atoms with van der Waals surface area (Å²) in [5.41, 5.74) is -2.35. The van der Waals surface area contributed by atoms with Crippen molar-refractivity contribution in [1.29, 1.82) is 0 Å². The fourth-order valence-corrected chi connectivity index (χ4v) is 11.6. The largest absolute Gasteiger partial charge is 0.441 e. The first-order chi connectivity index (χ1) is 16.8. The Hall–Kier alpha value is -1.24. The minimum Gasteiger partial charge on any atom is -0.441 e. The van der Waals surface area contributed by atoms with Gasteiger partial charge in [0.2, 0.25) is 0 Å². The maximum Gasteiger partial charge on any atom is 0.308 e. The van der Waals surface area contributed by atoms with Crippen LogP contribution in [0.15, 0.2) is 11.6 Å². The molecule has 4 heterocycles. The van der Waals surface area contributed by atoms with E-state index in [1.165, 1.54) is 0 Å². The van der Waals surface area contributed by atoms with Crippen LogP contribution in [0.1, 0.15) is 79.6 Å². The molecule has 6 fully saturated rings. The molecule has 7 heteroatoms. The second kappa shape index (κ2) is 6.84. The Labute approximate surface area is 218 Å². The van der Waals surface area contributed by atoms with E-state index in [0.29, 0.717) is 12.5 Å². The lowest BCUT2D eigenvalue weighted by Crippen LogP contribution is -2.86. The molecule has 4 saturated heterocycles. The molecule has 0 aromatic rings. The van der Waals surface area contributed by atoms with Gasteiger partial charge in [-0.2, -0.15) is 0 Å². The van der Waals surface area contributed by atoms with Crippen LogP contribution < -0.4 is 0 Å². The molecule has 7 rings (SSSR count). The number of piperidine rings is 1. The van der Waals surface area contributed by atoms with Crippen molar-refractivity contribution in [1.82, 2.24) is 4.90 Å². The number of nitrogens with zero attached hydrogens (tertiary/aromatic N) is 1. The molecular weight excluding hydrogens is 478 g/mol. The van der Waals surface area contributed by atoms with Crippen LogP contribution in [0.2, 0.25) is 0 Å². The van der Waals surface area contributed by atoms with E-state index in [-0.39, 0.29) is 48.3 Å². The Kier molecular flexibility index (Phi) is 4.53. The third kappa shape index (κ3) is 2.38. The molecule has 36 heavy (non-hydrogen) atoms. The molecule has 0 amide bonds. The van der Waals surface area contributed by atoms with E-state index in [1.807, 2.05) is 6.92 Å². The summed E-state index contributed by atoms with van der Waals surface area (Å²) >= 11 is 7.79. The number of halogens is 1. The van der Waals surface area contributed by atoms with Crippen LogP contribution in [0, 0.1) is 39.9 Å². The predicted octanol–water partition coefficient (Wildman–Crippen LogP) is 4.63. The van der Waals surface area contributed by atoms with Crippen molar-refractivity contribution in [2.24, 2.45) is 39.9 Å². The van der Waals surface area contributed by atoms with Crippen molar-refractivity contribution in [3.05, 3.63) is 11.6 Å². The van der Waals surface area contributed by atoms with E-state index in [4.69, 9.17) is 21.1 Å². The Balaban J connectivity index is 1.48. The van der Waals surface area contributed by atoms with Crippen LogP contribution in [-0.4, -0.2) is 51.9 Å². The molecule has 2 saturated carbocycles. The number of carbonyl (C=O) groups excluding carboxylic acids is 3. The Bertz CT molecular complexity index is 1140. The zero-order valence-electron chi connectivity index (χ0n) is 22.1. The Morgan fingerprint density at radius 3 is 2.61 bits per heavy atom. The van der Waals surface area contributed by atoms with Gasteiger partial charge in [-0.05, 0) is 62.4 Å². The summed E-state index contributed by atoms with van der Waals surface area (Å²) in [6, 6.07) is 0. The predicted molar refractivity (Wildman–Crippen MR) is 133 cm³/mol. The highest BCUT2D eigenvalue weighted by Gasteiger charge is 2.85. The van der Waals surface area contributed by atoms with Gasteiger partial charge < -0.3 is 9.47 Å². The number of hydrogen-bond donors (Lipinski definition) is 0. The summed E-state index contributed by atoms with van der Waals surface area (Å²) in [6.45, 7) is 11.5. The number of alkyl halides is 1. The fraction of sp³-hybridized carbons (Fsp3) is 0.828. The second-order valence-corrected chi connectivity index (χ2v) is 14.5. The lowest BCUT2D eigenvalue weighted by atomic mass is 9.34. The van der Waals surface area contributed by atoms with Gasteiger partial charge in [-0.3, -0.25) is 14.4 Å². The SMILES string of the molecule is CC1=CC(=O)[C@H]2CC(=O)[C@H]3[C@](C)([C@@H]2C1)[C@H](Cl)[C@@]12OC(=O)C[C@]3(C)[C@]1(C)CC[C@]13C[C@@H](C)C[C@H](CN12)O3. The number of Topliss-reactive ketones (excluding diaryl/α,β-unsaturated/α-hetero) is 1. The first kappa shape index (κ1) is 23.8. The fourth-order valence-electron chi connectivity index (χ4n) is 10.9. The minimum atomic E-state index is -1.08. The van der Waals surface area contributed by atoms with Gasteiger partial charge in [-0.1, -0.05) is 33.3 Å². The van der Waals surface area contributed by atoms with Gasteiger partial charge in [0.05, 0.1) is 17.9 Å². The van der Waals surface area contributed by atoms with Crippen molar-refractivity contribution in [2.75, 3.05) is 6.54 Å². The molecule has 196 valence electrons. The summed E-state index contributed by atoms with van der Waals surface area (Å²) in [5, 5.41) is -0.636. The number of hydrogen-bond acceptors (Lipinski definition) is 6. The van der Waals surface area contributed by atoms with Crippen LogP contribution in [0.4, 0.5) is 0 Å². The molecule has 7 aliphatic rings. The third-order valence-electron chi connectivity index (χ3n) is 12.3. The summed E-state index contributed by atoms with van der Waals surface area (Å²) in [6.07, 6.45) is 6.56. The lowest BCUT2D eigenvalue weighted by Gasteiger charge is -2.77. The zero-order chi connectivity index (χ0) is 25.6. The number of esters is 1. The van der Waals surface area contributed by atoms with E-state index in [1.54, 1.807) is 6.08 Å². The highest BCUT2D eigenvalue weighted by molar-refractivity contribution is 6.23. The number of rotatable bonds is 0. The van der Waals surface area contributed by atoms with Crippen LogP contribution in [-0.2, 0) is 23.9 Å². The smallest absolute Gasteiger partial charge is 0.308 e. The summed E-state index contributed by atoms with van der Waals surface area (Å²) < 4.78 is 13.4. The molecule has 11 atom stereocenters. The van der Waals surface area contributed by atoms with Gasteiger partial charge in [0, 0.05) is 35.6 Å². The van der Waals surface area contributed by atoms with Crippen LogP contribution in [0.25, 0.3) is 0 Å². The average molecular weight is 516 g/mol. The van der Waals surface area contributed by atoms with Gasteiger partial charge in [0.25, 0.3) is 0 Å². The molecular formula is C29H38ClNO5. The number of carbonyl (C=O) groups is 3. The normalized spacial score (nSPS) is 57.7. The average Bonchev–Trinajstić information content (AvgIpc) is 3.06. The topological polar surface area (TPSA) is 72.9 Å². The molecule has 4 aliphatic heterocycles. The number of fused-ring (bicyclic) bond motifs is 5. The van der Waals surface area contributed by atoms with Gasteiger partial charge in [-0.25, -0.2) is 4.90 Å². The molecule has 0 aromatic carbocycles. The van der Waals surface area contributed by atoms with Crippen LogP contribution >= 0.6 is 11.6 Å². The highest BCUT2D eigenvalue weighted by atomic mass is 35.5. The Morgan fingerprint density at radius 1 is 1.11 bits per heavy atom. The number of ether oxygens (including phenoxy) is 2. The molecule has 3 aliphatic carbocycles. The molecule has 4 bridgehead atoms. The molecule has 6 nitrogen and oxygen atoms in total. The summed E-state index contributed by atoms with van der Waals surface area (Å²) in [7, 11) is 0. The van der Waals surface area contributed by atoms with Gasteiger partial charge >= 0.3 is 5.97 Å². The monoisotopic (exact) mass is 515 g/mol. The third-order valence-corrected chi connectivity index (χ3v) is 13.1. The van der Waals surface area contributed by atoms with E-state index >= 15 is 0 Å². The zero-order valence-corrected chi connectivity index (χ0v) is 22.8. The molecule has 0 radical (unpaired) electrons. The Morgan fingerprint density at radius 2 is 1.86 bits per heavy atom. The molecule has 0 aromatic heterocycles. The summed E-state index contributed by atoms with van der Waals surface area (Å²) in [4.78, 5) is 43.2. The van der Waals surface area contributed by atoms with Crippen molar-refractivity contribution in [3.8, 4) is 0 Å². The first-order valence-electron chi connectivity index (χ1n) is 13.9.